The van der Waals surface area contributed by atoms with Crippen LogP contribution in [0.4, 0.5) is 0 Å². The first-order valence-electron chi connectivity index (χ1n) is 10.2. The van der Waals surface area contributed by atoms with Gasteiger partial charge in [0.25, 0.3) is 5.91 Å². The molecule has 1 atom stereocenters. The molecular formula is C22H23N5O3. The molecule has 8 heteroatoms. The van der Waals surface area contributed by atoms with Gasteiger partial charge >= 0.3 is 0 Å². The Hall–Kier alpha value is -3.42. The Morgan fingerprint density at radius 3 is 2.53 bits per heavy atom. The van der Waals surface area contributed by atoms with Crippen molar-refractivity contribution in [3.05, 3.63) is 72.2 Å². The van der Waals surface area contributed by atoms with Crippen molar-refractivity contribution in [2.24, 2.45) is 0 Å². The zero-order valence-electron chi connectivity index (χ0n) is 16.6. The van der Waals surface area contributed by atoms with E-state index in [1.165, 1.54) is 12.6 Å². The Balaban J connectivity index is 1.36. The summed E-state index contributed by atoms with van der Waals surface area (Å²) in [6.07, 6.45) is 6.91. The standard InChI is InChI=1S/C22H23N5O3/c28-21(25-9-7-18(8-10-25)27-15-23-14-24-27)19-12-16-4-1-2-5-17(16)13-26(19)22(29)20-6-3-11-30-20/h1-6,11,14-15,18-19H,7-10,12-13H2. The van der Waals surface area contributed by atoms with E-state index in [1.807, 2.05) is 33.8 Å². The van der Waals surface area contributed by atoms with Crippen LogP contribution >= 0.6 is 0 Å². The van der Waals surface area contributed by atoms with E-state index in [9.17, 15) is 9.59 Å². The van der Waals surface area contributed by atoms with Gasteiger partial charge in [0.15, 0.2) is 5.76 Å². The van der Waals surface area contributed by atoms with Crippen LogP contribution < -0.4 is 0 Å². The number of amides is 2. The van der Waals surface area contributed by atoms with Gasteiger partial charge in [-0.05, 0) is 36.1 Å². The van der Waals surface area contributed by atoms with E-state index in [4.69, 9.17) is 4.42 Å². The van der Waals surface area contributed by atoms with Gasteiger partial charge in [0.05, 0.1) is 12.3 Å². The largest absolute Gasteiger partial charge is 0.459 e. The molecule has 1 unspecified atom stereocenters. The number of carbonyl (C=O) groups is 2. The number of aromatic nitrogens is 3. The maximum Gasteiger partial charge on any atom is 0.290 e. The summed E-state index contributed by atoms with van der Waals surface area (Å²) < 4.78 is 7.20. The summed E-state index contributed by atoms with van der Waals surface area (Å²) in [7, 11) is 0. The van der Waals surface area contributed by atoms with Gasteiger partial charge in [0.2, 0.25) is 5.91 Å². The van der Waals surface area contributed by atoms with Gasteiger partial charge in [0.1, 0.15) is 18.7 Å². The number of carbonyl (C=O) groups excluding carboxylic acids is 2. The predicted octanol–water partition coefficient (Wildman–Crippen LogP) is 2.30. The zero-order valence-corrected chi connectivity index (χ0v) is 16.6. The second-order valence-corrected chi connectivity index (χ2v) is 7.83. The van der Waals surface area contributed by atoms with Gasteiger partial charge < -0.3 is 14.2 Å². The van der Waals surface area contributed by atoms with Crippen LogP contribution in [0.1, 0.15) is 40.6 Å². The summed E-state index contributed by atoms with van der Waals surface area (Å²) in [5.41, 5.74) is 2.20. The molecule has 154 valence electrons. The summed E-state index contributed by atoms with van der Waals surface area (Å²) in [5, 5.41) is 4.23. The molecule has 2 aliphatic heterocycles. The smallest absolute Gasteiger partial charge is 0.290 e. The molecular weight excluding hydrogens is 382 g/mol. The molecule has 1 aromatic carbocycles. The minimum absolute atomic E-state index is 0.00134. The van der Waals surface area contributed by atoms with Crippen molar-refractivity contribution >= 4 is 11.8 Å². The highest BCUT2D eigenvalue weighted by atomic mass is 16.3. The average molecular weight is 405 g/mol. The van der Waals surface area contributed by atoms with Crippen molar-refractivity contribution in [2.45, 2.75) is 37.9 Å². The minimum atomic E-state index is -0.527. The quantitative estimate of drug-likeness (QED) is 0.668. The molecule has 0 saturated carbocycles. The molecule has 3 aromatic rings. The molecule has 1 fully saturated rings. The molecule has 4 heterocycles. The third-order valence-electron chi connectivity index (χ3n) is 6.11. The molecule has 2 aromatic heterocycles. The number of hydrogen-bond acceptors (Lipinski definition) is 5. The SMILES string of the molecule is O=C(C1Cc2ccccc2CN1C(=O)c1ccco1)N1CCC(n2cncn2)CC1. The highest BCUT2D eigenvalue weighted by molar-refractivity contribution is 5.96. The monoisotopic (exact) mass is 405 g/mol. The molecule has 0 bridgehead atoms. The van der Waals surface area contributed by atoms with Crippen molar-refractivity contribution in [2.75, 3.05) is 13.1 Å². The fourth-order valence-corrected chi connectivity index (χ4v) is 4.47. The molecule has 8 nitrogen and oxygen atoms in total. The summed E-state index contributed by atoms with van der Waals surface area (Å²) >= 11 is 0. The first kappa shape index (κ1) is 18.6. The van der Waals surface area contributed by atoms with Gasteiger partial charge in [-0.25, -0.2) is 9.67 Å². The van der Waals surface area contributed by atoms with Gasteiger partial charge in [-0.3, -0.25) is 9.59 Å². The number of piperidine rings is 1. The first-order valence-corrected chi connectivity index (χ1v) is 10.2. The second kappa shape index (κ2) is 7.78. The Morgan fingerprint density at radius 1 is 1.03 bits per heavy atom. The molecule has 0 spiro atoms. The van der Waals surface area contributed by atoms with E-state index in [1.54, 1.807) is 23.4 Å². The molecule has 5 rings (SSSR count). The van der Waals surface area contributed by atoms with Crippen molar-refractivity contribution in [3.63, 3.8) is 0 Å². The van der Waals surface area contributed by atoms with Crippen LogP contribution in [-0.2, 0) is 17.8 Å². The maximum absolute atomic E-state index is 13.5. The maximum atomic E-state index is 13.5. The normalized spacial score (nSPS) is 19.5. The van der Waals surface area contributed by atoms with Crippen molar-refractivity contribution in [3.8, 4) is 0 Å². The van der Waals surface area contributed by atoms with Crippen LogP contribution in [-0.4, -0.2) is 55.5 Å². The highest BCUT2D eigenvalue weighted by Crippen LogP contribution is 2.28. The van der Waals surface area contributed by atoms with Crippen LogP contribution in [0.15, 0.2) is 59.7 Å². The van der Waals surface area contributed by atoms with Crippen LogP contribution in [0.2, 0.25) is 0 Å². The molecule has 1 saturated heterocycles. The van der Waals surface area contributed by atoms with Gasteiger partial charge in [0, 0.05) is 26.1 Å². The number of fused-ring (bicyclic) bond motifs is 1. The van der Waals surface area contributed by atoms with Crippen molar-refractivity contribution in [1.82, 2.24) is 24.6 Å². The topological polar surface area (TPSA) is 84.5 Å². The van der Waals surface area contributed by atoms with Crippen molar-refractivity contribution < 1.29 is 14.0 Å². The molecule has 2 aliphatic rings. The third kappa shape index (κ3) is 3.38. The number of furan rings is 1. The van der Waals surface area contributed by atoms with E-state index >= 15 is 0 Å². The van der Waals surface area contributed by atoms with Crippen LogP contribution in [0.3, 0.4) is 0 Å². The number of benzene rings is 1. The van der Waals surface area contributed by atoms with Gasteiger partial charge in [-0.2, -0.15) is 5.10 Å². The lowest BCUT2D eigenvalue weighted by molar-refractivity contribution is -0.138. The fourth-order valence-electron chi connectivity index (χ4n) is 4.47. The molecule has 0 aliphatic carbocycles. The van der Waals surface area contributed by atoms with Gasteiger partial charge in [-0.1, -0.05) is 24.3 Å². The molecule has 0 radical (unpaired) electrons. The Morgan fingerprint density at radius 2 is 1.83 bits per heavy atom. The first-order chi connectivity index (χ1) is 14.7. The predicted molar refractivity (Wildman–Crippen MR) is 107 cm³/mol. The fraction of sp³-hybridized carbons (Fsp3) is 0.364. The highest BCUT2D eigenvalue weighted by Gasteiger charge is 2.39. The molecule has 0 N–H and O–H groups in total. The number of nitrogens with zero attached hydrogens (tertiary/aromatic N) is 5. The molecule has 30 heavy (non-hydrogen) atoms. The second-order valence-electron chi connectivity index (χ2n) is 7.83. The third-order valence-corrected chi connectivity index (χ3v) is 6.11. The Kier molecular flexibility index (Phi) is 4.82. The summed E-state index contributed by atoms with van der Waals surface area (Å²) in [6.45, 7) is 1.69. The van der Waals surface area contributed by atoms with Crippen LogP contribution in [0, 0.1) is 0 Å². The van der Waals surface area contributed by atoms with Gasteiger partial charge in [-0.15, -0.1) is 0 Å². The van der Waals surface area contributed by atoms with Crippen LogP contribution in [0.25, 0.3) is 0 Å². The van der Waals surface area contributed by atoms with E-state index in [0.29, 0.717) is 26.1 Å². The Bertz CT molecular complexity index is 1020. The summed E-state index contributed by atoms with van der Waals surface area (Å²) in [6, 6.07) is 11.1. The lowest BCUT2D eigenvalue weighted by atomic mass is 9.92. The molecule has 2 amide bonds. The number of rotatable bonds is 3. The van der Waals surface area contributed by atoms with E-state index in [0.717, 1.165) is 24.0 Å². The lowest BCUT2D eigenvalue weighted by Gasteiger charge is -2.40. The van der Waals surface area contributed by atoms with E-state index in [2.05, 4.69) is 10.1 Å². The Labute approximate surface area is 174 Å². The van der Waals surface area contributed by atoms with Crippen molar-refractivity contribution in [1.29, 1.82) is 0 Å². The summed E-state index contributed by atoms with van der Waals surface area (Å²) in [5.74, 6) is 0.0175. The zero-order chi connectivity index (χ0) is 20.5. The van der Waals surface area contributed by atoms with Crippen LogP contribution in [0.5, 0.6) is 0 Å². The summed E-state index contributed by atoms with van der Waals surface area (Å²) in [4.78, 5) is 34.2. The minimum Gasteiger partial charge on any atom is -0.459 e. The van der Waals surface area contributed by atoms with E-state index in [-0.39, 0.29) is 23.6 Å². The number of hydrogen-bond donors (Lipinski definition) is 0. The van der Waals surface area contributed by atoms with E-state index < -0.39 is 6.04 Å². The lowest BCUT2D eigenvalue weighted by Crippen LogP contribution is -2.55. The average Bonchev–Trinajstić information content (AvgIpc) is 3.52. The number of likely N-dealkylation sites (tertiary alicyclic amines) is 1.